The summed E-state index contributed by atoms with van der Waals surface area (Å²) >= 11 is 0. The van der Waals surface area contributed by atoms with Gasteiger partial charge in [-0.25, -0.2) is 4.79 Å². The number of rotatable bonds is 5. The minimum Gasteiger partial charge on any atom is -0.456 e. The molecule has 1 aliphatic carbocycles. The molecule has 0 aromatic rings. The van der Waals surface area contributed by atoms with Gasteiger partial charge in [0, 0.05) is 5.57 Å². The summed E-state index contributed by atoms with van der Waals surface area (Å²) in [4.78, 5) is 11.6. The van der Waals surface area contributed by atoms with Gasteiger partial charge in [0.1, 0.15) is 6.10 Å². The van der Waals surface area contributed by atoms with Crippen LogP contribution in [-0.2, 0) is 9.53 Å². The highest BCUT2D eigenvalue weighted by Crippen LogP contribution is 2.39. The largest absolute Gasteiger partial charge is 0.456 e. The highest BCUT2D eigenvalue weighted by molar-refractivity contribution is 5.87. The predicted molar refractivity (Wildman–Crippen MR) is 72.6 cm³/mol. The van der Waals surface area contributed by atoms with E-state index in [0.29, 0.717) is 6.92 Å². The highest BCUT2D eigenvalue weighted by Gasteiger charge is 2.57. The number of hydrogen-bond acceptors (Lipinski definition) is 3. The van der Waals surface area contributed by atoms with Gasteiger partial charge in [0.15, 0.2) is 5.60 Å². The molecule has 1 fully saturated rings. The average Bonchev–Trinajstić information content (AvgIpc) is 2.37. The van der Waals surface area contributed by atoms with Crippen LogP contribution in [0.2, 0.25) is 0 Å². The molecule has 0 aromatic carbocycles. The van der Waals surface area contributed by atoms with Gasteiger partial charge in [-0.05, 0) is 26.2 Å². The van der Waals surface area contributed by atoms with E-state index in [4.69, 9.17) is 4.74 Å². The quantitative estimate of drug-likeness (QED) is 0.621. The Bertz CT molecular complexity index is 382. The molecule has 0 saturated heterocycles. The Hall–Kier alpha value is -1.04. The molecule has 0 aliphatic heterocycles. The Labute approximate surface area is 123 Å². The molecule has 1 saturated carbocycles. The summed E-state index contributed by atoms with van der Waals surface area (Å²) in [5.41, 5.74) is -3.04. The number of aliphatic hydroxyl groups is 1. The highest BCUT2D eigenvalue weighted by atomic mass is 19.4. The van der Waals surface area contributed by atoms with Crippen LogP contribution >= 0.6 is 0 Å². The molecule has 1 N–H and O–H groups in total. The summed E-state index contributed by atoms with van der Waals surface area (Å²) in [6.45, 7) is 5.38. The molecule has 6 heteroatoms. The summed E-state index contributed by atoms with van der Waals surface area (Å²) in [5, 5.41) is 9.84. The Morgan fingerprint density at radius 1 is 1.33 bits per heavy atom. The first-order chi connectivity index (χ1) is 9.55. The molecule has 3 nitrogen and oxygen atoms in total. The molecule has 21 heavy (non-hydrogen) atoms. The maximum absolute atomic E-state index is 13.0. The van der Waals surface area contributed by atoms with Crippen molar-refractivity contribution in [3.05, 3.63) is 12.2 Å². The van der Waals surface area contributed by atoms with E-state index in [2.05, 4.69) is 6.58 Å². The third kappa shape index (κ3) is 4.73. The molecule has 0 bridgehead atoms. The first-order valence-electron chi connectivity index (χ1n) is 7.21. The van der Waals surface area contributed by atoms with Gasteiger partial charge in [-0.2, -0.15) is 13.2 Å². The molecule has 2 atom stereocenters. The van der Waals surface area contributed by atoms with E-state index >= 15 is 0 Å². The number of esters is 1. The summed E-state index contributed by atoms with van der Waals surface area (Å²) in [5.74, 6) is -0.865. The number of carbonyl (C=O) groups excluding carboxylic acids is 1. The summed E-state index contributed by atoms with van der Waals surface area (Å²) in [6.07, 6.45) is -1.86. The maximum Gasteiger partial charge on any atom is 0.420 e. The fraction of sp³-hybridized carbons (Fsp3) is 0.800. The third-order valence-corrected chi connectivity index (χ3v) is 4.07. The molecule has 2 unspecified atom stereocenters. The van der Waals surface area contributed by atoms with Crippen LogP contribution in [0.4, 0.5) is 13.2 Å². The maximum atomic E-state index is 13.0. The van der Waals surface area contributed by atoms with Crippen molar-refractivity contribution in [3.8, 4) is 0 Å². The molecule has 0 amide bonds. The van der Waals surface area contributed by atoms with E-state index in [1.807, 2.05) is 0 Å². The topological polar surface area (TPSA) is 46.5 Å². The van der Waals surface area contributed by atoms with Gasteiger partial charge in [0.25, 0.3) is 0 Å². The van der Waals surface area contributed by atoms with Crippen LogP contribution in [-0.4, -0.2) is 29.0 Å². The zero-order valence-corrected chi connectivity index (χ0v) is 12.5. The van der Waals surface area contributed by atoms with Gasteiger partial charge in [-0.3, -0.25) is 0 Å². The van der Waals surface area contributed by atoms with E-state index in [9.17, 15) is 23.1 Å². The monoisotopic (exact) mass is 308 g/mol. The second-order valence-corrected chi connectivity index (χ2v) is 6.06. The van der Waals surface area contributed by atoms with Crippen molar-refractivity contribution in [3.63, 3.8) is 0 Å². The molecular formula is C15H23F3O3. The normalized spacial score (nSPS) is 21.4. The third-order valence-electron chi connectivity index (χ3n) is 4.07. The van der Waals surface area contributed by atoms with Gasteiger partial charge in [0.2, 0.25) is 0 Å². The minimum atomic E-state index is -4.86. The number of alkyl halides is 3. The van der Waals surface area contributed by atoms with Crippen LogP contribution in [0.1, 0.15) is 52.4 Å². The summed E-state index contributed by atoms with van der Waals surface area (Å²) in [6, 6.07) is 0. The van der Waals surface area contributed by atoms with Gasteiger partial charge in [-0.15, -0.1) is 0 Å². The fourth-order valence-electron chi connectivity index (χ4n) is 2.53. The lowest BCUT2D eigenvalue weighted by Gasteiger charge is -2.36. The number of halogens is 3. The second-order valence-electron chi connectivity index (χ2n) is 6.06. The van der Waals surface area contributed by atoms with Crippen LogP contribution < -0.4 is 0 Å². The Morgan fingerprint density at radius 2 is 1.86 bits per heavy atom. The van der Waals surface area contributed by atoms with Crippen molar-refractivity contribution in [1.82, 2.24) is 0 Å². The van der Waals surface area contributed by atoms with Crippen molar-refractivity contribution in [2.45, 2.75) is 70.3 Å². The van der Waals surface area contributed by atoms with Gasteiger partial charge >= 0.3 is 12.1 Å². The van der Waals surface area contributed by atoms with Crippen LogP contribution in [0.25, 0.3) is 0 Å². The van der Waals surface area contributed by atoms with E-state index in [-0.39, 0.29) is 17.9 Å². The Balaban J connectivity index is 2.88. The molecule has 0 heterocycles. The molecule has 0 aromatic heterocycles. The number of ether oxygens (including phenoxy) is 1. The molecule has 0 spiro atoms. The van der Waals surface area contributed by atoms with E-state index in [0.717, 1.165) is 32.1 Å². The molecule has 1 rings (SSSR count). The summed E-state index contributed by atoms with van der Waals surface area (Å²) in [7, 11) is 0. The predicted octanol–water partition coefficient (Wildman–Crippen LogP) is 3.76. The van der Waals surface area contributed by atoms with E-state index < -0.39 is 23.9 Å². The van der Waals surface area contributed by atoms with Crippen LogP contribution in [0.5, 0.6) is 0 Å². The lowest BCUT2D eigenvalue weighted by molar-refractivity contribution is -0.286. The standard InChI is InChI=1S/C15H23F3O3/c1-10(2)13(19)21-12(14(3,20)15(16,17)18)9-11-7-5-4-6-8-11/h11-12,20H,1,4-9H2,2-3H3. The Morgan fingerprint density at radius 3 is 2.29 bits per heavy atom. The SMILES string of the molecule is C=C(C)C(=O)OC(CC1CCCCC1)C(C)(O)C(F)(F)F. The van der Waals surface area contributed by atoms with Crippen molar-refractivity contribution in [2.24, 2.45) is 5.92 Å². The smallest absolute Gasteiger partial charge is 0.420 e. The number of hydrogen-bond donors (Lipinski definition) is 1. The zero-order chi connectivity index (χ0) is 16.3. The molecular weight excluding hydrogens is 285 g/mol. The van der Waals surface area contributed by atoms with Gasteiger partial charge < -0.3 is 9.84 Å². The van der Waals surface area contributed by atoms with Gasteiger partial charge in [0.05, 0.1) is 0 Å². The van der Waals surface area contributed by atoms with Crippen LogP contribution in [0, 0.1) is 5.92 Å². The lowest BCUT2D eigenvalue weighted by Crippen LogP contribution is -2.54. The molecule has 122 valence electrons. The first kappa shape index (κ1) is 18.0. The van der Waals surface area contributed by atoms with E-state index in [1.54, 1.807) is 0 Å². The second kappa shape index (κ2) is 6.81. The minimum absolute atomic E-state index is 0.0154. The van der Waals surface area contributed by atoms with Crippen molar-refractivity contribution >= 4 is 5.97 Å². The molecule has 0 radical (unpaired) electrons. The van der Waals surface area contributed by atoms with Crippen LogP contribution in [0.3, 0.4) is 0 Å². The van der Waals surface area contributed by atoms with Gasteiger partial charge in [-0.1, -0.05) is 38.7 Å². The Kier molecular flexibility index (Phi) is 5.84. The van der Waals surface area contributed by atoms with Crippen LogP contribution in [0.15, 0.2) is 12.2 Å². The van der Waals surface area contributed by atoms with Crippen molar-refractivity contribution in [1.29, 1.82) is 0 Å². The molecule has 1 aliphatic rings. The first-order valence-corrected chi connectivity index (χ1v) is 7.21. The summed E-state index contributed by atoms with van der Waals surface area (Å²) < 4.78 is 44.0. The lowest BCUT2D eigenvalue weighted by atomic mass is 9.81. The fourth-order valence-corrected chi connectivity index (χ4v) is 2.53. The van der Waals surface area contributed by atoms with Crippen molar-refractivity contribution in [2.75, 3.05) is 0 Å². The number of carbonyl (C=O) groups is 1. The van der Waals surface area contributed by atoms with Crippen molar-refractivity contribution < 1.29 is 27.8 Å². The van der Waals surface area contributed by atoms with E-state index in [1.165, 1.54) is 6.92 Å². The zero-order valence-electron chi connectivity index (χ0n) is 12.5. The average molecular weight is 308 g/mol.